The van der Waals surface area contributed by atoms with E-state index in [1.807, 2.05) is 66.7 Å². The van der Waals surface area contributed by atoms with E-state index in [0.29, 0.717) is 19.5 Å². The van der Waals surface area contributed by atoms with Crippen LogP contribution >= 0.6 is 0 Å². The molecule has 2 N–H and O–H groups in total. The van der Waals surface area contributed by atoms with E-state index in [2.05, 4.69) is 6.07 Å². The standard InChI is InChI=1S/C27H30N2O5/c1-28(27(32)33)17-24(22-12-11-19-7-5-6-10-21(19)15-22)26(20-8-3-2-4-9-20)34-18-25(31)29-14-13-23(30)16-29/h2-12,15,23-24,26,30H,13-14,16-18H2,1H3,(H,32,33)/t23-,24-,26+/m0/s1. The highest BCUT2D eigenvalue weighted by atomic mass is 16.5. The summed E-state index contributed by atoms with van der Waals surface area (Å²) in [5.74, 6) is -0.522. The Bertz CT molecular complexity index is 1140. The lowest BCUT2D eigenvalue weighted by molar-refractivity contribution is -0.138. The predicted octanol–water partition coefficient (Wildman–Crippen LogP) is 3.88. The molecule has 3 aromatic rings. The summed E-state index contributed by atoms with van der Waals surface area (Å²) in [5.41, 5.74) is 1.80. The second-order valence-corrected chi connectivity index (χ2v) is 8.80. The highest BCUT2D eigenvalue weighted by Crippen LogP contribution is 2.36. The first-order chi connectivity index (χ1) is 16.4. The summed E-state index contributed by atoms with van der Waals surface area (Å²) in [5, 5.41) is 21.5. The minimum absolute atomic E-state index is 0.146. The molecule has 7 heteroatoms. The minimum atomic E-state index is -1.03. The molecule has 0 saturated carbocycles. The molecule has 3 aromatic carbocycles. The van der Waals surface area contributed by atoms with Gasteiger partial charge in [-0.05, 0) is 28.3 Å². The topological polar surface area (TPSA) is 90.3 Å². The summed E-state index contributed by atoms with van der Waals surface area (Å²) in [6.45, 7) is 0.875. The van der Waals surface area contributed by atoms with Crippen LogP contribution in [0.15, 0.2) is 72.8 Å². The highest BCUT2D eigenvalue weighted by molar-refractivity contribution is 5.83. The fourth-order valence-electron chi connectivity index (χ4n) is 4.50. The fraction of sp³-hybridized carbons (Fsp3) is 0.333. The number of hydrogen-bond donors (Lipinski definition) is 2. The molecule has 7 nitrogen and oxygen atoms in total. The van der Waals surface area contributed by atoms with Crippen LogP contribution in [0.25, 0.3) is 10.8 Å². The summed E-state index contributed by atoms with van der Waals surface area (Å²) in [6, 6.07) is 23.7. The fourth-order valence-corrected chi connectivity index (χ4v) is 4.50. The SMILES string of the molecule is CN(C[C@@H](c1ccc2ccccc2c1)[C@H](OCC(=O)N1CC[C@H](O)C1)c1ccccc1)C(=O)O. The lowest BCUT2D eigenvalue weighted by Crippen LogP contribution is -2.36. The molecule has 0 bridgehead atoms. The summed E-state index contributed by atoms with van der Waals surface area (Å²) < 4.78 is 6.25. The van der Waals surface area contributed by atoms with E-state index >= 15 is 0 Å². The third-order valence-corrected chi connectivity index (χ3v) is 6.39. The van der Waals surface area contributed by atoms with Gasteiger partial charge in [-0.2, -0.15) is 0 Å². The number of likely N-dealkylation sites (tertiary alicyclic amines) is 1. The molecule has 1 saturated heterocycles. The number of amides is 2. The number of aliphatic hydroxyl groups is 1. The van der Waals surface area contributed by atoms with Gasteiger partial charge in [0, 0.05) is 32.6 Å². The zero-order valence-corrected chi connectivity index (χ0v) is 19.2. The van der Waals surface area contributed by atoms with Crippen LogP contribution in [0.1, 0.15) is 29.6 Å². The van der Waals surface area contributed by atoms with E-state index in [9.17, 15) is 19.8 Å². The Morgan fingerprint density at radius 3 is 2.41 bits per heavy atom. The number of aliphatic hydroxyl groups excluding tert-OH is 1. The number of hydrogen-bond acceptors (Lipinski definition) is 4. The summed E-state index contributed by atoms with van der Waals surface area (Å²) >= 11 is 0. The zero-order valence-electron chi connectivity index (χ0n) is 19.2. The van der Waals surface area contributed by atoms with Crippen molar-refractivity contribution < 1.29 is 24.5 Å². The molecule has 2 amide bonds. The molecule has 1 aliphatic rings. The number of β-amino-alcohol motifs (C(OH)–C–C–N with tert-alkyl or cyclic N) is 1. The van der Waals surface area contributed by atoms with E-state index in [-0.39, 0.29) is 25.0 Å². The number of benzene rings is 3. The number of fused-ring (bicyclic) bond motifs is 1. The average Bonchev–Trinajstić information content (AvgIpc) is 3.29. The summed E-state index contributed by atoms with van der Waals surface area (Å²) in [7, 11) is 1.54. The van der Waals surface area contributed by atoms with Crippen LogP contribution in [-0.2, 0) is 9.53 Å². The number of carbonyl (C=O) groups is 2. The Labute approximate surface area is 199 Å². The summed E-state index contributed by atoms with van der Waals surface area (Å²) in [6.07, 6.45) is -1.50. The first kappa shape index (κ1) is 23.7. The minimum Gasteiger partial charge on any atom is -0.465 e. The molecule has 34 heavy (non-hydrogen) atoms. The lowest BCUT2D eigenvalue weighted by atomic mass is 9.87. The van der Waals surface area contributed by atoms with Crippen LogP contribution in [0.2, 0.25) is 0 Å². The molecule has 1 heterocycles. The van der Waals surface area contributed by atoms with Crippen molar-refractivity contribution in [2.24, 2.45) is 0 Å². The van der Waals surface area contributed by atoms with E-state index in [1.54, 1.807) is 4.90 Å². The van der Waals surface area contributed by atoms with Gasteiger partial charge in [-0.3, -0.25) is 4.79 Å². The number of nitrogens with zero attached hydrogens (tertiary/aromatic N) is 2. The van der Waals surface area contributed by atoms with Crippen molar-refractivity contribution in [1.29, 1.82) is 0 Å². The van der Waals surface area contributed by atoms with Crippen LogP contribution in [0.5, 0.6) is 0 Å². The Balaban J connectivity index is 1.67. The van der Waals surface area contributed by atoms with Crippen LogP contribution in [-0.4, -0.2) is 71.4 Å². The van der Waals surface area contributed by atoms with Crippen molar-refractivity contribution in [2.45, 2.75) is 24.5 Å². The van der Waals surface area contributed by atoms with Crippen LogP contribution in [0.4, 0.5) is 4.79 Å². The maximum absolute atomic E-state index is 12.8. The predicted molar refractivity (Wildman–Crippen MR) is 130 cm³/mol. The van der Waals surface area contributed by atoms with Crippen molar-refractivity contribution in [2.75, 3.05) is 33.3 Å². The molecule has 0 aliphatic carbocycles. The number of carboxylic acid groups (broad SMARTS) is 1. The molecule has 1 fully saturated rings. The third-order valence-electron chi connectivity index (χ3n) is 6.39. The van der Waals surface area contributed by atoms with Gasteiger partial charge in [0.2, 0.25) is 5.91 Å². The monoisotopic (exact) mass is 462 g/mol. The van der Waals surface area contributed by atoms with Crippen LogP contribution < -0.4 is 0 Å². The van der Waals surface area contributed by atoms with Gasteiger partial charge < -0.3 is 24.7 Å². The number of ether oxygens (including phenoxy) is 1. The molecule has 4 rings (SSSR count). The van der Waals surface area contributed by atoms with Crippen molar-refractivity contribution in [3.05, 3.63) is 83.9 Å². The van der Waals surface area contributed by atoms with E-state index in [4.69, 9.17) is 4.74 Å². The van der Waals surface area contributed by atoms with Crippen molar-refractivity contribution >= 4 is 22.8 Å². The van der Waals surface area contributed by atoms with E-state index < -0.39 is 18.3 Å². The number of likely N-dealkylation sites (N-methyl/N-ethyl adjacent to an activating group) is 1. The van der Waals surface area contributed by atoms with Crippen LogP contribution in [0, 0.1) is 0 Å². The molecular formula is C27H30N2O5. The third kappa shape index (κ3) is 5.55. The Kier molecular flexibility index (Phi) is 7.45. The number of carbonyl (C=O) groups excluding carboxylic acids is 1. The van der Waals surface area contributed by atoms with Gasteiger partial charge in [-0.25, -0.2) is 4.79 Å². The molecule has 0 aromatic heterocycles. The van der Waals surface area contributed by atoms with Crippen LogP contribution in [0.3, 0.4) is 0 Å². The molecule has 0 unspecified atom stereocenters. The van der Waals surface area contributed by atoms with E-state index in [1.165, 1.54) is 11.9 Å². The van der Waals surface area contributed by atoms with Crippen molar-refractivity contribution in [3.8, 4) is 0 Å². The van der Waals surface area contributed by atoms with Gasteiger partial charge in [0.15, 0.2) is 0 Å². The van der Waals surface area contributed by atoms with E-state index in [0.717, 1.165) is 21.9 Å². The first-order valence-electron chi connectivity index (χ1n) is 11.5. The molecule has 0 spiro atoms. The summed E-state index contributed by atoms with van der Waals surface area (Å²) in [4.78, 5) is 27.3. The average molecular weight is 463 g/mol. The van der Waals surface area contributed by atoms with Crippen molar-refractivity contribution in [1.82, 2.24) is 9.80 Å². The first-order valence-corrected chi connectivity index (χ1v) is 11.5. The van der Waals surface area contributed by atoms with Gasteiger partial charge in [-0.1, -0.05) is 72.8 Å². The van der Waals surface area contributed by atoms with Gasteiger partial charge in [-0.15, -0.1) is 0 Å². The molecule has 3 atom stereocenters. The van der Waals surface area contributed by atoms with Gasteiger partial charge in [0.05, 0.1) is 12.2 Å². The molecular weight excluding hydrogens is 432 g/mol. The van der Waals surface area contributed by atoms with Gasteiger partial charge in [0.25, 0.3) is 0 Å². The molecule has 0 radical (unpaired) electrons. The highest BCUT2D eigenvalue weighted by Gasteiger charge is 2.31. The largest absolute Gasteiger partial charge is 0.465 e. The Morgan fingerprint density at radius 2 is 1.74 bits per heavy atom. The second-order valence-electron chi connectivity index (χ2n) is 8.80. The Hall–Kier alpha value is -3.42. The molecule has 1 aliphatic heterocycles. The molecule has 178 valence electrons. The lowest BCUT2D eigenvalue weighted by Gasteiger charge is -2.31. The maximum atomic E-state index is 12.8. The Morgan fingerprint density at radius 1 is 1.03 bits per heavy atom. The number of rotatable bonds is 8. The second kappa shape index (κ2) is 10.7. The van der Waals surface area contributed by atoms with Gasteiger partial charge in [0.1, 0.15) is 6.61 Å². The smallest absolute Gasteiger partial charge is 0.407 e. The zero-order chi connectivity index (χ0) is 24.1. The maximum Gasteiger partial charge on any atom is 0.407 e. The normalized spacial score (nSPS) is 17.5. The van der Waals surface area contributed by atoms with Crippen molar-refractivity contribution in [3.63, 3.8) is 0 Å². The van der Waals surface area contributed by atoms with Gasteiger partial charge >= 0.3 is 6.09 Å². The quantitative estimate of drug-likeness (QED) is 0.530.